The monoisotopic (exact) mass is 538 g/mol. The molecule has 0 bridgehead atoms. The van der Waals surface area contributed by atoms with Gasteiger partial charge < -0.3 is 14.5 Å². The van der Waals surface area contributed by atoms with E-state index in [9.17, 15) is 9.59 Å². The highest BCUT2D eigenvalue weighted by Gasteiger charge is 2.36. The van der Waals surface area contributed by atoms with Crippen LogP contribution < -0.4 is 4.74 Å². The molecule has 0 N–H and O–H groups in total. The van der Waals surface area contributed by atoms with Gasteiger partial charge in [0.05, 0.1) is 11.3 Å². The summed E-state index contributed by atoms with van der Waals surface area (Å²) in [6.45, 7) is 3.41. The number of aromatic nitrogens is 2. The van der Waals surface area contributed by atoms with E-state index in [0.29, 0.717) is 43.7 Å². The Morgan fingerprint density at radius 1 is 1.17 bits per heavy atom. The Labute approximate surface area is 214 Å². The number of likely N-dealkylation sites (tertiary alicyclic amines) is 1. The Hall–Kier alpha value is -3.13. The van der Waals surface area contributed by atoms with E-state index in [-0.39, 0.29) is 23.8 Å². The van der Waals surface area contributed by atoms with Crippen LogP contribution in [0.1, 0.15) is 34.5 Å². The van der Waals surface area contributed by atoms with Gasteiger partial charge in [0, 0.05) is 63.2 Å². The predicted molar refractivity (Wildman–Crippen MR) is 138 cm³/mol. The van der Waals surface area contributed by atoms with E-state index in [1.54, 1.807) is 15.8 Å². The Bertz CT molecular complexity index is 1180. The van der Waals surface area contributed by atoms with Crippen molar-refractivity contribution in [1.29, 1.82) is 0 Å². The molecule has 1 aromatic heterocycles. The molecule has 4 rings (SSSR count). The van der Waals surface area contributed by atoms with Crippen molar-refractivity contribution in [3.63, 3.8) is 0 Å². The van der Waals surface area contributed by atoms with Crippen LogP contribution in [-0.4, -0.2) is 57.6 Å². The maximum atomic E-state index is 13.3. The Morgan fingerprint density at radius 2 is 1.94 bits per heavy atom. The topological polar surface area (TPSA) is 67.7 Å². The summed E-state index contributed by atoms with van der Waals surface area (Å²) in [5.74, 6) is 0.608. The van der Waals surface area contributed by atoms with E-state index in [1.807, 2.05) is 80.5 Å². The van der Waals surface area contributed by atoms with Gasteiger partial charge in [0.1, 0.15) is 11.9 Å². The lowest BCUT2D eigenvalue weighted by Crippen LogP contribution is -2.49. The molecule has 1 saturated heterocycles. The summed E-state index contributed by atoms with van der Waals surface area (Å²) >= 11 is 3.49. The lowest BCUT2D eigenvalue weighted by Gasteiger charge is -2.39. The van der Waals surface area contributed by atoms with Crippen LogP contribution in [0, 0.1) is 12.8 Å². The van der Waals surface area contributed by atoms with Gasteiger partial charge in [0.25, 0.3) is 5.91 Å². The van der Waals surface area contributed by atoms with Crippen molar-refractivity contribution in [2.45, 2.75) is 32.4 Å². The fourth-order valence-corrected chi connectivity index (χ4v) is 4.95. The number of ether oxygens (including phenoxy) is 1. The number of nitrogens with zero attached hydrogens (tertiary/aromatic N) is 4. The molecule has 1 aliphatic rings. The summed E-state index contributed by atoms with van der Waals surface area (Å²) in [5.41, 5.74) is 2.39. The third kappa shape index (κ3) is 6.31. The van der Waals surface area contributed by atoms with Gasteiger partial charge in [-0.3, -0.25) is 14.3 Å². The SMILES string of the molecule is Cc1nn(C)cc1C(=O)N1CC[C@H](Oc2cccc(Br)c2)[C@@H](CC(=O)N(C)Cc2ccccc2)C1. The van der Waals surface area contributed by atoms with Crippen LogP contribution in [-0.2, 0) is 18.4 Å². The van der Waals surface area contributed by atoms with Crippen molar-refractivity contribution in [2.75, 3.05) is 20.1 Å². The van der Waals surface area contributed by atoms with E-state index >= 15 is 0 Å². The van der Waals surface area contributed by atoms with Gasteiger partial charge in [-0.25, -0.2) is 0 Å². The average Bonchev–Trinajstić information content (AvgIpc) is 3.18. The summed E-state index contributed by atoms with van der Waals surface area (Å²) < 4.78 is 8.95. The number of hydrogen-bond donors (Lipinski definition) is 0. The molecule has 1 aliphatic heterocycles. The molecule has 0 radical (unpaired) electrons. The van der Waals surface area contributed by atoms with Gasteiger partial charge in [-0.1, -0.05) is 52.3 Å². The summed E-state index contributed by atoms with van der Waals surface area (Å²) in [5, 5.41) is 4.32. The highest BCUT2D eigenvalue weighted by molar-refractivity contribution is 9.10. The molecule has 3 aromatic rings. The van der Waals surface area contributed by atoms with Gasteiger partial charge in [-0.2, -0.15) is 5.10 Å². The number of benzene rings is 2. The first-order valence-electron chi connectivity index (χ1n) is 11.8. The van der Waals surface area contributed by atoms with Gasteiger partial charge in [0.2, 0.25) is 5.91 Å². The van der Waals surface area contributed by atoms with E-state index in [0.717, 1.165) is 15.8 Å². The number of halogens is 1. The number of carbonyl (C=O) groups excluding carboxylic acids is 2. The molecule has 2 atom stereocenters. The Kier molecular flexibility index (Phi) is 7.90. The number of rotatable bonds is 7. The number of hydrogen-bond acceptors (Lipinski definition) is 4. The van der Waals surface area contributed by atoms with Crippen LogP contribution in [0.4, 0.5) is 0 Å². The molecule has 2 heterocycles. The van der Waals surface area contributed by atoms with Crippen LogP contribution in [0.2, 0.25) is 0 Å². The molecule has 8 heteroatoms. The zero-order chi connectivity index (χ0) is 24.9. The summed E-state index contributed by atoms with van der Waals surface area (Å²) in [7, 11) is 3.64. The largest absolute Gasteiger partial charge is 0.490 e. The second-order valence-electron chi connectivity index (χ2n) is 9.15. The third-order valence-corrected chi connectivity index (χ3v) is 6.90. The zero-order valence-corrected chi connectivity index (χ0v) is 21.9. The Morgan fingerprint density at radius 3 is 2.63 bits per heavy atom. The highest BCUT2D eigenvalue weighted by Crippen LogP contribution is 2.29. The second kappa shape index (κ2) is 11.1. The number of carbonyl (C=O) groups is 2. The second-order valence-corrected chi connectivity index (χ2v) is 10.1. The number of aryl methyl sites for hydroxylation is 2. The molecule has 2 amide bonds. The van der Waals surface area contributed by atoms with Gasteiger partial charge in [-0.15, -0.1) is 0 Å². The van der Waals surface area contributed by atoms with Crippen LogP contribution in [0.25, 0.3) is 0 Å². The molecule has 0 saturated carbocycles. The third-order valence-electron chi connectivity index (χ3n) is 6.40. The van der Waals surface area contributed by atoms with Crippen LogP contribution in [0.5, 0.6) is 5.75 Å². The van der Waals surface area contributed by atoms with Crippen LogP contribution in [0.15, 0.2) is 65.3 Å². The van der Waals surface area contributed by atoms with Gasteiger partial charge in [-0.05, 0) is 30.7 Å². The lowest BCUT2D eigenvalue weighted by atomic mass is 9.90. The molecule has 2 aromatic carbocycles. The minimum Gasteiger partial charge on any atom is -0.490 e. The standard InChI is InChI=1S/C27H31BrN4O3/c1-19-24(18-31(3)29-19)27(34)32-13-12-25(35-23-11-7-10-22(28)15-23)21(17-32)14-26(33)30(2)16-20-8-5-4-6-9-20/h4-11,15,18,21,25H,12-14,16-17H2,1-3H3/t21-,25-/m0/s1. The molecule has 0 aliphatic carbocycles. The molecule has 1 fully saturated rings. The quantitative estimate of drug-likeness (QED) is 0.445. The molecular weight excluding hydrogens is 508 g/mol. The summed E-state index contributed by atoms with van der Waals surface area (Å²) in [6, 6.07) is 17.7. The Balaban J connectivity index is 1.50. The van der Waals surface area contributed by atoms with E-state index in [4.69, 9.17) is 4.74 Å². The average molecular weight is 539 g/mol. The van der Waals surface area contributed by atoms with E-state index in [1.165, 1.54) is 0 Å². The van der Waals surface area contributed by atoms with Crippen molar-refractivity contribution < 1.29 is 14.3 Å². The normalized spacial score (nSPS) is 17.8. The fourth-order valence-electron chi connectivity index (χ4n) is 4.57. The van der Waals surface area contributed by atoms with Crippen molar-refractivity contribution in [1.82, 2.24) is 19.6 Å². The maximum absolute atomic E-state index is 13.3. The smallest absolute Gasteiger partial charge is 0.257 e. The first-order valence-corrected chi connectivity index (χ1v) is 12.6. The molecule has 0 spiro atoms. The maximum Gasteiger partial charge on any atom is 0.257 e. The molecule has 0 unspecified atom stereocenters. The van der Waals surface area contributed by atoms with E-state index in [2.05, 4.69) is 21.0 Å². The zero-order valence-electron chi connectivity index (χ0n) is 20.4. The number of piperidine rings is 1. The minimum absolute atomic E-state index is 0.0357. The summed E-state index contributed by atoms with van der Waals surface area (Å²) in [4.78, 5) is 30.1. The molecule has 7 nitrogen and oxygen atoms in total. The van der Waals surface area contributed by atoms with Crippen molar-refractivity contribution in [3.05, 3.63) is 82.1 Å². The van der Waals surface area contributed by atoms with Crippen LogP contribution in [0.3, 0.4) is 0 Å². The van der Waals surface area contributed by atoms with Crippen molar-refractivity contribution in [2.24, 2.45) is 13.0 Å². The molecular formula is C27H31BrN4O3. The fraction of sp³-hybridized carbons (Fsp3) is 0.370. The van der Waals surface area contributed by atoms with Crippen molar-refractivity contribution >= 4 is 27.7 Å². The highest BCUT2D eigenvalue weighted by atomic mass is 79.9. The van der Waals surface area contributed by atoms with Gasteiger partial charge in [0.15, 0.2) is 0 Å². The first-order chi connectivity index (χ1) is 16.8. The minimum atomic E-state index is -0.169. The predicted octanol–water partition coefficient (Wildman–Crippen LogP) is 4.45. The lowest BCUT2D eigenvalue weighted by molar-refractivity contribution is -0.132. The van der Waals surface area contributed by atoms with Crippen molar-refractivity contribution in [3.8, 4) is 5.75 Å². The molecule has 184 valence electrons. The summed E-state index contributed by atoms with van der Waals surface area (Å²) in [6.07, 6.45) is 2.54. The molecule has 35 heavy (non-hydrogen) atoms. The first kappa shape index (κ1) is 25.0. The van der Waals surface area contributed by atoms with Gasteiger partial charge >= 0.3 is 0 Å². The number of amides is 2. The van der Waals surface area contributed by atoms with Crippen LogP contribution >= 0.6 is 15.9 Å². The van der Waals surface area contributed by atoms with E-state index < -0.39 is 0 Å².